The number of methoxy groups -OCH3 is 1. The molecule has 5 nitrogen and oxygen atoms in total. The zero-order chi connectivity index (χ0) is 18.7. The predicted molar refractivity (Wildman–Crippen MR) is 103 cm³/mol. The van der Waals surface area contributed by atoms with Gasteiger partial charge in [-0.25, -0.2) is 0 Å². The van der Waals surface area contributed by atoms with E-state index in [0.717, 1.165) is 11.8 Å². The molecular weight excluding hydrogens is 397 g/mol. The minimum absolute atomic E-state index is 0.287. The minimum Gasteiger partial charge on any atom is -0.457 e. The minimum atomic E-state index is -0.321. The van der Waals surface area contributed by atoms with Crippen LogP contribution in [0.4, 0.5) is 4.79 Å². The van der Waals surface area contributed by atoms with Crippen LogP contribution in [0.2, 0.25) is 10.0 Å². The van der Waals surface area contributed by atoms with Crippen LogP contribution >= 0.6 is 35.0 Å². The second-order valence-electron chi connectivity index (χ2n) is 5.51. The summed E-state index contributed by atoms with van der Waals surface area (Å²) in [6.45, 7) is 0.823. The van der Waals surface area contributed by atoms with Gasteiger partial charge in [0, 0.05) is 36.9 Å². The molecule has 1 aliphatic heterocycles. The largest absolute Gasteiger partial charge is 0.457 e. The molecule has 136 valence electrons. The lowest BCUT2D eigenvalue weighted by molar-refractivity contribution is -0.122. The number of nitrogens with zero attached hydrogens (tertiary/aromatic N) is 1. The molecule has 1 saturated heterocycles. The molecule has 3 rings (SSSR count). The second-order valence-corrected chi connectivity index (χ2v) is 7.34. The van der Waals surface area contributed by atoms with Gasteiger partial charge in [-0.2, -0.15) is 0 Å². The Bertz CT molecular complexity index is 878. The zero-order valence-corrected chi connectivity index (χ0v) is 16.2. The molecule has 8 heteroatoms. The first kappa shape index (κ1) is 19.0. The molecule has 0 aliphatic carbocycles. The zero-order valence-electron chi connectivity index (χ0n) is 13.8. The fourth-order valence-electron chi connectivity index (χ4n) is 2.45. The van der Waals surface area contributed by atoms with E-state index < -0.39 is 0 Å². The predicted octanol–water partition coefficient (Wildman–Crippen LogP) is 5.33. The lowest BCUT2D eigenvalue weighted by Gasteiger charge is -2.11. The summed E-state index contributed by atoms with van der Waals surface area (Å²) >= 11 is 13.0. The number of carbonyl (C=O) groups excluding carboxylic acids is 2. The Morgan fingerprint density at radius 3 is 2.77 bits per heavy atom. The third-order valence-electron chi connectivity index (χ3n) is 3.70. The first-order valence-electron chi connectivity index (χ1n) is 7.79. The molecular formula is C18H15Cl2NO4S. The van der Waals surface area contributed by atoms with Gasteiger partial charge in [0.2, 0.25) is 0 Å². The van der Waals surface area contributed by atoms with E-state index in [1.54, 1.807) is 43.5 Å². The van der Waals surface area contributed by atoms with Crippen LogP contribution in [0.3, 0.4) is 0 Å². The molecule has 1 aromatic carbocycles. The normalized spacial score (nSPS) is 16.1. The first-order chi connectivity index (χ1) is 12.5. The third-order valence-corrected chi connectivity index (χ3v) is 5.16. The van der Waals surface area contributed by atoms with Crippen molar-refractivity contribution in [2.45, 2.75) is 6.42 Å². The van der Waals surface area contributed by atoms with Crippen LogP contribution in [0.1, 0.15) is 12.2 Å². The third kappa shape index (κ3) is 4.15. The number of amides is 2. The molecule has 1 fully saturated rings. The van der Waals surface area contributed by atoms with Crippen molar-refractivity contribution in [3.05, 3.63) is 51.0 Å². The van der Waals surface area contributed by atoms with Gasteiger partial charge >= 0.3 is 0 Å². The molecule has 0 saturated carbocycles. The highest BCUT2D eigenvalue weighted by molar-refractivity contribution is 8.18. The van der Waals surface area contributed by atoms with E-state index in [4.69, 9.17) is 32.4 Å². The Morgan fingerprint density at radius 1 is 1.23 bits per heavy atom. The van der Waals surface area contributed by atoms with Gasteiger partial charge in [0.15, 0.2) is 0 Å². The van der Waals surface area contributed by atoms with E-state index in [2.05, 4.69) is 0 Å². The average molecular weight is 412 g/mol. The summed E-state index contributed by atoms with van der Waals surface area (Å²) in [4.78, 5) is 25.9. The highest BCUT2D eigenvalue weighted by atomic mass is 35.5. The molecule has 0 radical (unpaired) electrons. The number of benzene rings is 1. The molecule has 2 amide bonds. The highest BCUT2D eigenvalue weighted by Crippen LogP contribution is 2.35. The molecule has 0 unspecified atom stereocenters. The van der Waals surface area contributed by atoms with Crippen molar-refractivity contribution in [3.63, 3.8) is 0 Å². The maximum atomic E-state index is 12.4. The highest BCUT2D eigenvalue weighted by Gasteiger charge is 2.34. The molecule has 1 aromatic heterocycles. The van der Waals surface area contributed by atoms with E-state index in [9.17, 15) is 9.59 Å². The van der Waals surface area contributed by atoms with Crippen LogP contribution < -0.4 is 0 Å². The molecule has 0 spiro atoms. The Balaban J connectivity index is 1.78. The van der Waals surface area contributed by atoms with Gasteiger partial charge in [0.1, 0.15) is 11.5 Å². The molecule has 0 N–H and O–H groups in total. The van der Waals surface area contributed by atoms with Crippen molar-refractivity contribution < 1.29 is 18.7 Å². The van der Waals surface area contributed by atoms with Crippen molar-refractivity contribution in [2.24, 2.45) is 0 Å². The van der Waals surface area contributed by atoms with Crippen LogP contribution in [-0.2, 0) is 9.53 Å². The average Bonchev–Trinajstić information content (AvgIpc) is 3.15. The maximum Gasteiger partial charge on any atom is 0.293 e. The van der Waals surface area contributed by atoms with Crippen molar-refractivity contribution in [1.82, 2.24) is 4.90 Å². The van der Waals surface area contributed by atoms with Gasteiger partial charge in [0.05, 0.1) is 9.93 Å². The number of hydrogen-bond donors (Lipinski definition) is 0. The molecule has 2 heterocycles. The Labute approximate surface area is 164 Å². The van der Waals surface area contributed by atoms with E-state index in [1.165, 1.54) is 4.90 Å². The van der Waals surface area contributed by atoms with E-state index >= 15 is 0 Å². The monoisotopic (exact) mass is 411 g/mol. The smallest absolute Gasteiger partial charge is 0.293 e. The molecule has 0 atom stereocenters. The molecule has 2 aromatic rings. The van der Waals surface area contributed by atoms with Crippen LogP contribution in [0, 0.1) is 0 Å². The Kier molecular flexibility index (Phi) is 6.09. The van der Waals surface area contributed by atoms with Crippen molar-refractivity contribution in [1.29, 1.82) is 0 Å². The van der Waals surface area contributed by atoms with E-state index in [1.807, 2.05) is 0 Å². The summed E-state index contributed by atoms with van der Waals surface area (Å²) in [5, 5.41) is 0.717. The number of ether oxygens (including phenoxy) is 1. The van der Waals surface area contributed by atoms with Gasteiger partial charge in [-0.3, -0.25) is 14.5 Å². The second kappa shape index (κ2) is 8.31. The number of imide groups is 1. The van der Waals surface area contributed by atoms with Crippen LogP contribution in [0.25, 0.3) is 17.4 Å². The maximum absolute atomic E-state index is 12.4. The summed E-state index contributed by atoms with van der Waals surface area (Å²) in [6.07, 6.45) is 2.16. The summed E-state index contributed by atoms with van der Waals surface area (Å²) in [5.41, 5.74) is 0.698. The van der Waals surface area contributed by atoms with Crippen molar-refractivity contribution >= 4 is 52.2 Å². The number of carbonyl (C=O) groups is 2. The lowest BCUT2D eigenvalue weighted by Crippen LogP contribution is -2.29. The molecule has 0 bridgehead atoms. The quantitative estimate of drug-likeness (QED) is 0.474. The number of halogens is 2. The van der Waals surface area contributed by atoms with Crippen LogP contribution in [0.5, 0.6) is 0 Å². The summed E-state index contributed by atoms with van der Waals surface area (Å²) in [7, 11) is 1.58. The standard InChI is InChI=1S/C18H15Cl2NO4S/c1-24-8-2-7-21-17(22)16(26-18(21)23)10-12-4-6-15(25-12)13-5-3-11(19)9-14(13)20/h3-6,9-10H,2,7-8H2,1H3/b16-10-. The number of rotatable bonds is 6. The number of thioether (sulfide) groups is 1. The van der Waals surface area contributed by atoms with E-state index in [0.29, 0.717) is 51.6 Å². The molecule has 1 aliphatic rings. The SMILES string of the molecule is COCCCN1C(=O)S/C(=C\c2ccc(-c3ccc(Cl)cc3Cl)o2)C1=O. The van der Waals surface area contributed by atoms with Crippen molar-refractivity contribution in [3.8, 4) is 11.3 Å². The molecule has 26 heavy (non-hydrogen) atoms. The van der Waals surface area contributed by atoms with Gasteiger partial charge in [-0.15, -0.1) is 0 Å². The number of hydrogen-bond acceptors (Lipinski definition) is 5. The van der Waals surface area contributed by atoms with Gasteiger partial charge in [-0.1, -0.05) is 23.2 Å². The summed E-state index contributed by atoms with van der Waals surface area (Å²) < 4.78 is 10.7. The topological polar surface area (TPSA) is 59.8 Å². The Morgan fingerprint density at radius 2 is 2.04 bits per heavy atom. The summed E-state index contributed by atoms with van der Waals surface area (Å²) in [5.74, 6) is 0.698. The fraction of sp³-hybridized carbons (Fsp3) is 0.222. The van der Waals surface area contributed by atoms with Gasteiger partial charge in [-0.05, 0) is 48.5 Å². The van der Waals surface area contributed by atoms with Crippen molar-refractivity contribution in [2.75, 3.05) is 20.3 Å². The lowest BCUT2D eigenvalue weighted by atomic mass is 10.2. The number of furan rings is 1. The van der Waals surface area contributed by atoms with Gasteiger partial charge in [0.25, 0.3) is 11.1 Å². The Hall–Kier alpha value is -1.73. The van der Waals surface area contributed by atoms with E-state index in [-0.39, 0.29) is 11.1 Å². The van der Waals surface area contributed by atoms with Gasteiger partial charge < -0.3 is 9.15 Å². The van der Waals surface area contributed by atoms with Crippen LogP contribution in [0.15, 0.2) is 39.7 Å². The summed E-state index contributed by atoms with van der Waals surface area (Å²) in [6, 6.07) is 8.59. The first-order valence-corrected chi connectivity index (χ1v) is 9.36. The van der Waals surface area contributed by atoms with Crippen LogP contribution in [-0.4, -0.2) is 36.3 Å². The fourth-order valence-corrected chi connectivity index (χ4v) is 3.80.